The van der Waals surface area contributed by atoms with Gasteiger partial charge >= 0.3 is 0 Å². The van der Waals surface area contributed by atoms with Crippen LogP contribution in [0.5, 0.6) is 0 Å². The molecule has 0 aromatic carbocycles. The number of nitrogens with one attached hydrogen (secondary N) is 1. The van der Waals surface area contributed by atoms with Crippen molar-refractivity contribution in [1.82, 2.24) is 20.0 Å². The molecule has 1 atom stereocenters. The largest absolute Gasteiger partial charge is 0.307 e. The molecule has 0 aliphatic carbocycles. The fraction of sp³-hybridized carbons (Fsp3) is 0.812. The Hall–Kier alpha value is -0.390. The van der Waals surface area contributed by atoms with E-state index >= 15 is 0 Å². The number of hydrogen-bond acceptors (Lipinski definition) is 3. The third kappa shape index (κ3) is 3.51. The standard InChI is InChI=1S/C16H29BrN4/c1-5-9-18-15(14-13(17)12-19-21(14)6-2)16(3,4)20-10-7-8-11-20/h12,15,18H,5-11H2,1-4H3. The van der Waals surface area contributed by atoms with Gasteiger partial charge in [0, 0.05) is 12.1 Å². The fourth-order valence-corrected chi connectivity index (χ4v) is 3.88. The smallest absolute Gasteiger partial charge is 0.0714 e. The van der Waals surface area contributed by atoms with Gasteiger partial charge in [0.2, 0.25) is 0 Å². The molecule has 2 rings (SSSR count). The molecule has 0 saturated carbocycles. The van der Waals surface area contributed by atoms with Gasteiger partial charge in [0.25, 0.3) is 0 Å². The lowest BCUT2D eigenvalue weighted by Crippen LogP contribution is -2.52. The van der Waals surface area contributed by atoms with Crippen LogP contribution in [-0.2, 0) is 6.54 Å². The molecule has 1 unspecified atom stereocenters. The van der Waals surface area contributed by atoms with Gasteiger partial charge in [-0.05, 0) is 75.6 Å². The molecule has 120 valence electrons. The first-order valence-electron chi connectivity index (χ1n) is 8.22. The average Bonchev–Trinajstić information content (AvgIpc) is 3.10. The summed E-state index contributed by atoms with van der Waals surface area (Å²) in [4.78, 5) is 2.62. The van der Waals surface area contributed by atoms with E-state index in [1.165, 1.54) is 31.6 Å². The first kappa shape index (κ1) is 17.0. The molecule has 0 spiro atoms. The van der Waals surface area contributed by atoms with Crippen LogP contribution in [0.1, 0.15) is 58.7 Å². The second-order valence-electron chi connectivity index (χ2n) is 6.43. The molecule has 21 heavy (non-hydrogen) atoms. The molecule has 0 radical (unpaired) electrons. The lowest BCUT2D eigenvalue weighted by atomic mass is 9.89. The highest BCUT2D eigenvalue weighted by atomic mass is 79.9. The topological polar surface area (TPSA) is 33.1 Å². The van der Waals surface area contributed by atoms with E-state index in [9.17, 15) is 0 Å². The number of rotatable bonds is 7. The van der Waals surface area contributed by atoms with Crippen LogP contribution in [0, 0.1) is 0 Å². The Morgan fingerprint density at radius 2 is 2.00 bits per heavy atom. The Bertz CT molecular complexity index is 449. The number of nitrogens with zero attached hydrogens (tertiary/aromatic N) is 3. The molecular formula is C16H29BrN4. The van der Waals surface area contributed by atoms with Gasteiger partial charge in [0.1, 0.15) is 0 Å². The summed E-state index contributed by atoms with van der Waals surface area (Å²) in [6, 6.07) is 0.285. The summed E-state index contributed by atoms with van der Waals surface area (Å²) in [5.74, 6) is 0. The van der Waals surface area contributed by atoms with E-state index in [1.54, 1.807) is 0 Å². The van der Waals surface area contributed by atoms with E-state index in [1.807, 2.05) is 6.20 Å². The second kappa shape index (κ2) is 7.25. The van der Waals surface area contributed by atoms with E-state index < -0.39 is 0 Å². The normalized spacial score (nSPS) is 18.3. The van der Waals surface area contributed by atoms with Crippen molar-refractivity contribution in [2.24, 2.45) is 0 Å². The molecule has 1 aliphatic heterocycles. The number of likely N-dealkylation sites (tertiary alicyclic amines) is 1. The van der Waals surface area contributed by atoms with Crippen molar-refractivity contribution in [3.05, 3.63) is 16.4 Å². The predicted octanol–water partition coefficient (Wildman–Crippen LogP) is 3.58. The van der Waals surface area contributed by atoms with Crippen LogP contribution in [0.15, 0.2) is 10.7 Å². The fourth-order valence-electron chi connectivity index (χ4n) is 3.36. The minimum absolute atomic E-state index is 0.0845. The van der Waals surface area contributed by atoms with Crippen LogP contribution >= 0.6 is 15.9 Å². The maximum absolute atomic E-state index is 4.51. The van der Waals surface area contributed by atoms with Crippen molar-refractivity contribution in [2.45, 2.75) is 65.1 Å². The molecule has 0 bridgehead atoms. The van der Waals surface area contributed by atoms with Crippen LogP contribution in [0.3, 0.4) is 0 Å². The van der Waals surface area contributed by atoms with Crippen LogP contribution in [-0.4, -0.2) is 39.9 Å². The summed E-state index contributed by atoms with van der Waals surface area (Å²) < 4.78 is 3.24. The van der Waals surface area contributed by atoms with Gasteiger partial charge in [-0.15, -0.1) is 0 Å². The number of halogens is 1. The summed E-state index contributed by atoms with van der Waals surface area (Å²) in [7, 11) is 0. The van der Waals surface area contributed by atoms with Gasteiger partial charge in [-0.2, -0.15) is 5.10 Å². The molecule has 1 aliphatic rings. The van der Waals surface area contributed by atoms with Crippen LogP contribution in [0.2, 0.25) is 0 Å². The summed E-state index contributed by atoms with van der Waals surface area (Å²) in [5, 5.41) is 8.29. The van der Waals surface area contributed by atoms with E-state index in [2.05, 4.69) is 63.6 Å². The van der Waals surface area contributed by atoms with E-state index in [-0.39, 0.29) is 11.6 Å². The molecule has 1 aromatic heterocycles. The third-order valence-electron chi connectivity index (χ3n) is 4.63. The SMILES string of the molecule is CCCNC(c1c(Br)cnn1CC)C(C)(C)N1CCCC1. The highest BCUT2D eigenvalue weighted by molar-refractivity contribution is 9.10. The minimum atomic E-state index is 0.0845. The molecule has 0 amide bonds. The lowest BCUT2D eigenvalue weighted by Gasteiger charge is -2.43. The van der Waals surface area contributed by atoms with Crippen molar-refractivity contribution in [3.63, 3.8) is 0 Å². The van der Waals surface area contributed by atoms with Crippen LogP contribution in [0.4, 0.5) is 0 Å². The molecule has 2 heterocycles. The summed E-state index contributed by atoms with van der Waals surface area (Å²) >= 11 is 3.71. The first-order chi connectivity index (χ1) is 10.0. The highest BCUT2D eigenvalue weighted by Crippen LogP contribution is 2.36. The predicted molar refractivity (Wildman–Crippen MR) is 91.5 cm³/mol. The molecular weight excluding hydrogens is 328 g/mol. The Labute approximate surface area is 137 Å². The van der Waals surface area contributed by atoms with Crippen LogP contribution in [0.25, 0.3) is 0 Å². The number of hydrogen-bond donors (Lipinski definition) is 1. The second-order valence-corrected chi connectivity index (χ2v) is 7.28. The van der Waals surface area contributed by atoms with E-state index in [4.69, 9.17) is 0 Å². The minimum Gasteiger partial charge on any atom is -0.307 e. The van der Waals surface area contributed by atoms with Gasteiger partial charge in [0.15, 0.2) is 0 Å². The van der Waals surface area contributed by atoms with Gasteiger partial charge in [0.05, 0.1) is 22.4 Å². The monoisotopic (exact) mass is 356 g/mol. The summed E-state index contributed by atoms with van der Waals surface area (Å²) in [6.45, 7) is 13.5. The Morgan fingerprint density at radius 3 is 2.57 bits per heavy atom. The van der Waals surface area contributed by atoms with E-state index in [0.717, 1.165) is 24.0 Å². The number of aryl methyl sites for hydroxylation is 1. The molecule has 1 N–H and O–H groups in total. The first-order valence-corrected chi connectivity index (χ1v) is 9.01. The molecule has 1 saturated heterocycles. The molecule has 4 nitrogen and oxygen atoms in total. The average molecular weight is 357 g/mol. The third-order valence-corrected chi connectivity index (χ3v) is 5.24. The quantitative estimate of drug-likeness (QED) is 0.810. The highest BCUT2D eigenvalue weighted by Gasteiger charge is 2.39. The zero-order chi connectivity index (χ0) is 15.5. The Balaban J connectivity index is 2.34. The zero-order valence-electron chi connectivity index (χ0n) is 13.8. The zero-order valence-corrected chi connectivity index (χ0v) is 15.4. The molecule has 1 aromatic rings. The maximum Gasteiger partial charge on any atom is 0.0714 e. The Morgan fingerprint density at radius 1 is 1.33 bits per heavy atom. The van der Waals surface area contributed by atoms with Gasteiger partial charge in [-0.3, -0.25) is 9.58 Å². The van der Waals surface area contributed by atoms with Gasteiger partial charge < -0.3 is 5.32 Å². The van der Waals surface area contributed by atoms with Crippen molar-refractivity contribution in [1.29, 1.82) is 0 Å². The number of aromatic nitrogens is 2. The van der Waals surface area contributed by atoms with Crippen molar-refractivity contribution < 1.29 is 0 Å². The van der Waals surface area contributed by atoms with Crippen LogP contribution < -0.4 is 5.32 Å². The Kier molecular flexibility index (Phi) is 5.86. The van der Waals surface area contributed by atoms with Crippen molar-refractivity contribution >= 4 is 15.9 Å². The van der Waals surface area contributed by atoms with E-state index in [0.29, 0.717) is 0 Å². The van der Waals surface area contributed by atoms with Gasteiger partial charge in [-0.25, -0.2) is 0 Å². The molecule has 5 heteroatoms. The molecule has 1 fully saturated rings. The van der Waals surface area contributed by atoms with Gasteiger partial charge in [-0.1, -0.05) is 6.92 Å². The summed E-state index contributed by atoms with van der Waals surface area (Å²) in [5.41, 5.74) is 1.36. The summed E-state index contributed by atoms with van der Waals surface area (Å²) in [6.07, 6.45) is 5.71. The lowest BCUT2D eigenvalue weighted by molar-refractivity contribution is 0.102. The van der Waals surface area contributed by atoms with Crippen molar-refractivity contribution in [2.75, 3.05) is 19.6 Å². The maximum atomic E-state index is 4.51. The van der Waals surface area contributed by atoms with Crippen molar-refractivity contribution in [3.8, 4) is 0 Å².